The number of β-amino-alcohol motifs (C(OH)–C–C–N with tert-alkyl or cyclic N) is 1. The van der Waals surface area contributed by atoms with Gasteiger partial charge in [-0.05, 0) is 23.1 Å². The fourth-order valence-electron chi connectivity index (χ4n) is 1.97. The number of ether oxygens (including phenoxy) is 1. The molecule has 1 fully saturated rings. The van der Waals surface area contributed by atoms with Gasteiger partial charge in [0.05, 0.1) is 0 Å². The summed E-state index contributed by atoms with van der Waals surface area (Å²) in [4.78, 5) is 0. The van der Waals surface area contributed by atoms with Gasteiger partial charge >= 0.3 is 0 Å². The van der Waals surface area contributed by atoms with Crippen molar-refractivity contribution >= 4 is 0 Å². The molecule has 2 unspecified atom stereocenters. The lowest BCUT2D eigenvalue weighted by atomic mass is 9.87. The van der Waals surface area contributed by atoms with Gasteiger partial charge in [0.2, 0.25) is 0 Å². The maximum atomic E-state index is 9.65. The minimum atomic E-state index is -0.405. The second kappa shape index (κ2) is 4.67. The summed E-state index contributed by atoms with van der Waals surface area (Å²) in [6, 6.07) is 8.13. The van der Waals surface area contributed by atoms with Gasteiger partial charge in [0.1, 0.15) is 18.0 Å². The van der Waals surface area contributed by atoms with Crippen LogP contribution in [0.25, 0.3) is 0 Å². The summed E-state index contributed by atoms with van der Waals surface area (Å²) in [5.74, 6) is 0.825. The number of nitrogens with one attached hydrogen (secondary N) is 1. The maximum absolute atomic E-state index is 9.65. The molecule has 2 rings (SSSR count). The second-order valence-electron chi connectivity index (χ2n) is 5.66. The van der Waals surface area contributed by atoms with Crippen LogP contribution in [0.2, 0.25) is 0 Å². The number of benzene rings is 1. The van der Waals surface area contributed by atoms with Crippen LogP contribution in [0.4, 0.5) is 0 Å². The van der Waals surface area contributed by atoms with Crippen molar-refractivity contribution in [3.63, 3.8) is 0 Å². The van der Waals surface area contributed by atoms with E-state index in [0.717, 1.165) is 5.75 Å². The van der Waals surface area contributed by atoms with Crippen molar-refractivity contribution in [2.45, 2.75) is 38.4 Å². The monoisotopic (exact) mass is 235 g/mol. The van der Waals surface area contributed by atoms with Gasteiger partial charge in [0, 0.05) is 13.1 Å². The first-order valence-corrected chi connectivity index (χ1v) is 6.13. The Morgan fingerprint density at radius 2 is 1.82 bits per heavy atom. The van der Waals surface area contributed by atoms with Crippen molar-refractivity contribution in [3.8, 4) is 5.75 Å². The molecule has 0 spiro atoms. The summed E-state index contributed by atoms with van der Waals surface area (Å²) in [6.07, 6.45) is -0.534. The highest BCUT2D eigenvalue weighted by atomic mass is 16.5. The lowest BCUT2D eigenvalue weighted by Gasteiger charge is -2.20. The van der Waals surface area contributed by atoms with E-state index in [4.69, 9.17) is 4.74 Å². The fraction of sp³-hybridized carbons (Fsp3) is 0.571. The third-order valence-electron chi connectivity index (χ3n) is 3.14. The van der Waals surface area contributed by atoms with Crippen molar-refractivity contribution in [1.29, 1.82) is 0 Å². The molecule has 1 heterocycles. The number of aliphatic hydroxyl groups is 1. The standard InChI is InChI=1S/C14H21NO2/c1-14(2,3)10-4-6-11(7-5-10)17-13-9-15-8-12(13)16/h4-7,12-13,15-16H,8-9H2,1-3H3. The highest BCUT2D eigenvalue weighted by Gasteiger charge is 2.26. The van der Waals surface area contributed by atoms with Gasteiger partial charge in [0.25, 0.3) is 0 Å². The minimum absolute atomic E-state index is 0.129. The number of hydrogen-bond acceptors (Lipinski definition) is 3. The topological polar surface area (TPSA) is 41.5 Å². The van der Waals surface area contributed by atoms with E-state index in [-0.39, 0.29) is 11.5 Å². The Bertz CT molecular complexity index is 367. The lowest BCUT2D eigenvalue weighted by molar-refractivity contribution is 0.0737. The molecule has 1 aliphatic rings. The van der Waals surface area contributed by atoms with Gasteiger partial charge in [-0.15, -0.1) is 0 Å². The molecule has 0 aromatic heterocycles. The SMILES string of the molecule is CC(C)(C)c1ccc(OC2CNCC2O)cc1. The summed E-state index contributed by atoms with van der Waals surface area (Å²) in [7, 11) is 0. The molecule has 1 saturated heterocycles. The highest BCUT2D eigenvalue weighted by molar-refractivity contribution is 5.31. The van der Waals surface area contributed by atoms with Crippen LogP contribution in [0.3, 0.4) is 0 Å². The van der Waals surface area contributed by atoms with E-state index in [0.29, 0.717) is 13.1 Å². The Morgan fingerprint density at radius 3 is 2.29 bits per heavy atom. The van der Waals surface area contributed by atoms with Crippen molar-refractivity contribution in [3.05, 3.63) is 29.8 Å². The first-order valence-electron chi connectivity index (χ1n) is 6.13. The van der Waals surface area contributed by atoms with Crippen molar-refractivity contribution in [2.75, 3.05) is 13.1 Å². The summed E-state index contributed by atoms with van der Waals surface area (Å²) in [6.45, 7) is 7.89. The van der Waals surface area contributed by atoms with Crippen LogP contribution in [0, 0.1) is 0 Å². The van der Waals surface area contributed by atoms with Crippen LogP contribution in [-0.4, -0.2) is 30.4 Å². The van der Waals surface area contributed by atoms with E-state index >= 15 is 0 Å². The average Bonchev–Trinajstić information content (AvgIpc) is 2.64. The van der Waals surface area contributed by atoms with Crippen LogP contribution in [0.5, 0.6) is 5.75 Å². The molecule has 3 heteroatoms. The van der Waals surface area contributed by atoms with E-state index in [9.17, 15) is 5.11 Å². The molecule has 2 atom stereocenters. The Balaban J connectivity index is 2.03. The molecular weight excluding hydrogens is 214 g/mol. The summed E-state index contributed by atoms with van der Waals surface area (Å²) >= 11 is 0. The lowest BCUT2D eigenvalue weighted by Crippen LogP contribution is -2.29. The molecular formula is C14H21NO2. The molecule has 1 aliphatic heterocycles. The summed E-state index contributed by atoms with van der Waals surface area (Å²) in [5.41, 5.74) is 1.45. The van der Waals surface area contributed by atoms with Crippen molar-refractivity contribution < 1.29 is 9.84 Å². The smallest absolute Gasteiger partial charge is 0.138 e. The summed E-state index contributed by atoms with van der Waals surface area (Å²) in [5, 5.41) is 12.7. The zero-order chi connectivity index (χ0) is 12.5. The molecule has 17 heavy (non-hydrogen) atoms. The molecule has 94 valence electrons. The maximum Gasteiger partial charge on any atom is 0.138 e. The zero-order valence-corrected chi connectivity index (χ0v) is 10.7. The second-order valence-corrected chi connectivity index (χ2v) is 5.66. The number of aliphatic hydroxyl groups excluding tert-OH is 1. The van der Waals surface area contributed by atoms with Gasteiger partial charge in [-0.2, -0.15) is 0 Å². The Morgan fingerprint density at radius 1 is 1.18 bits per heavy atom. The molecule has 0 amide bonds. The van der Waals surface area contributed by atoms with Crippen molar-refractivity contribution in [1.82, 2.24) is 5.32 Å². The van der Waals surface area contributed by atoms with Crippen LogP contribution >= 0.6 is 0 Å². The van der Waals surface area contributed by atoms with E-state index in [1.807, 2.05) is 12.1 Å². The average molecular weight is 235 g/mol. The normalized spacial score (nSPS) is 24.9. The van der Waals surface area contributed by atoms with Crippen LogP contribution in [0.1, 0.15) is 26.3 Å². The van der Waals surface area contributed by atoms with E-state index in [1.54, 1.807) is 0 Å². The minimum Gasteiger partial charge on any atom is -0.486 e. The van der Waals surface area contributed by atoms with Crippen molar-refractivity contribution in [2.24, 2.45) is 0 Å². The third kappa shape index (κ3) is 2.99. The summed E-state index contributed by atoms with van der Waals surface area (Å²) < 4.78 is 5.74. The van der Waals surface area contributed by atoms with Gasteiger partial charge < -0.3 is 15.2 Å². The predicted molar refractivity (Wildman–Crippen MR) is 68.4 cm³/mol. The fourth-order valence-corrected chi connectivity index (χ4v) is 1.97. The molecule has 0 aliphatic carbocycles. The Labute approximate surface area is 103 Å². The predicted octanol–water partition coefficient (Wildman–Crippen LogP) is 1.70. The number of hydrogen-bond donors (Lipinski definition) is 2. The van der Waals surface area contributed by atoms with Gasteiger partial charge in [-0.1, -0.05) is 32.9 Å². The van der Waals surface area contributed by atoms with E-state index in [1.165, 1.54) is 5.56 Å². The van der Waals surface area contributed by atoms with Gasteiger partial charge in [-0.3, -0.25) is 0 Å². The van der Waals surface area contributed by atoms with Crippen LogP contribution in [0.15, 0.2) is 24.3 Å². The van der Waals surface area contributed by atoms with Gasteiger partial charge in [-0.25, -0.2) is 0 Å². The first kappa shape index (κ1) is 12.4. The van der Waals surface area contributed by atoms with E-state index < -0.39 is 6.10 Å². The first-order chi connectivity index (χ1) is 7.97. The molecule has 2 N–H and O–H groups in total. The molecule has 0 saturated carbocycles. The molecule has 0 radical (unpaired) electrons. The van der Waals surface area contributed by atoms with Gasteiger partial charge in [0.15, 0.2) is 0 Å². The largest absolute Gasteiger partial charge is 0.486 e. The van der Waals surface area contributed by atoms with Crippen LogP contribution in [-0.2, 0) is 5.41 Å². The number of rotatable bonds is 2. The van der Waals surface area contributed by atoms with Crippen LogP contribution < -0.4 is 10.1 Å². The Hall–Kier alpha value is -1.06. The molecule has 1 aromatic carbocycles. The Kier molecular flexibility index (Phi) is 3.40. The molecule has 0 bridgehead atoms. The third-order valence-corrected chi connectivity index (χ3v) is 3.14. The quantitative estimate of drug-likeness (QED) is 0.819. The van der Waals surface area contributed by atoms with E-state index in [2.05, 4.69) is 38.2 Å². The molecule has 1 aromatic rings. The zero-order valence-electron chi connectivity index (χ0n) is 10.7. The highest BCUT2D eigenvalue weighted by Crippen LogP contribution is 2.25. The molecule has 3 nitrogen and oxygen atoms in total.